The zero-order valence-corrected chi connectivity index (χ0v) is 16.0. The predicted octanol–water partition coefficient (Wildman–Crippen LogP) is 4.01. The van der Waals surface area contributed by atoms with Crippen LogP contribution in [-0.2, 0) is 16.1 Å². The molecule has 0 radical (unpaired) electrons. The van der Waals surface area contributed by atoms with Crippen LogP contribution in [0.4, 0.5) is 11.4 Å². The first-order valence-corrected chi connectivity index (χ1v) is 9.04. The quantitative estimate of drug-likeness (QED) is 0.618. The average Bonchev–Trinajstić information content (AvgIpc) is 2.63. The number of carbonyl (C=O) groups is 2. The van der Waals surface area contributed by atoms with Crippen LogP contribution in [0.2, 0.25) is 0 Å². The summed E-state index contributed by atoms with van der Waals surface area (Å²) in [5.74, 6) is 0.552. The molecule has 6 nitrogen and oxygen atoms in total. The molecule has 2 aromatic rings. The molecule has 0 aliphatic carbocycles. The maximum Gasteiger partial charge on any atom is 0.231 e. The molecule has 2 N–H and O–H groups in total. The van der Waals surface area contributed by atoms with E-state index in [9.17, 15) is 9.59 Å². The van der Waals surface area contributed by atoms with Crippen molar-refractivity contribution < 1.29 is 19.1 Å². The van der Waals surface area contributed by atoms with Gasteiger partial charge in [0.15, 0.2) is 0 Å². The maximum atomic E-state index is 12.0. The normalized spacial score (nSPS) is 10.2. The molecule has 0 aliphatic heterocycles. The molecule has 0 atom stereocenters. The van der Waals surface area contributed by atoms with Crippen LogP contribution in [0.1, 0.15) is 32.8 Å². The summed E-state index contributed by atoms with van der Waals surface area (Å²) in [6.07, 6.45) is -0.177. The van der Waals surface area contributed by atoms with E-state index in [4.69, 9.17) is 9.47 Å². The van der Waals surface area contributed by atoms with Crippen LogP contribution in [-0.4, -0.2) is 24.9 Å². The van der Waals surface area contributed by atoms with Crippen LogP contribution in [0, 0.1) is 0 Å². The number of rotatable bonds is 10. The zero-order valence-electron chi connectivity index (χ0n) is 16.0. The molecule has 1 amide bonds. The summed E-state index contributed by atoms with van der Waals surface area (Å²) in [5.41, 5.74) is 2.39. The summed E-state index contributed by atoms with van der Waals surface area (Å²) in [6.45, 7) is 6.70. The topological polar surface area (TPSA) is 76.7 Å². The average molecular weight is 370 g/mol. The highest BCUT2D eigenvalue weighted by atomic mass is 16.5. The Hall–Kier alpha value is -3.02. The first-order valence-electron chi connectivity index (χ1n) is 9.04. The number of carbonyl (C=O) groups excluding carboxylic acids is 2. The third kappa shape index (κ3) is 6.33. The second-order valence-corrected chi connectivity index (χ2v) is 5.98. The van der Waals surface area contributed by atoms with E-state index in [2.05, 4.69) is 10.6 Å². The smallest absolute Gasteiger partial charge is 0.231 e. The van der Waals surface area contributed by atoms with Crippen LogP contribution in [0.15, 0.2) is 42.5 Å². The Kier molecular flexibility index (Phi) is 7.67. The van der Waals surface area contributed by atoms with Crippen molar-refractivity contribution in [2.45, 2.75) is 33.7 Å². The first kappa shape index (κ1) is 20.3. The fourth-order valence-electron chi connectivity index (χ4n) is 2.56. The molecule has 2 rings (SSSR count). The van der Waals surface area contributed by atoms with Gasteiger partial charge in [-0.2, -0.15) is 0 Å². The molecule has 6 heteroatoms. The Balaban J connectivity index is 2.28. The minimum Gasteiger partial charge on any atom is -0.492 e. The Morgan fingerprint density at radius 1 is 0.926 bits per heavy atom. The molecular formula is C21H26N2O4. The number of ether oxygens (including phenoxy) is 2. The standard InChI is InChI=1S/C21H26N2O4/c1-4-26-19-13-18(23-21(25)11-15(3)24)20(27-5-2)12-17(19)22-14-16-9-7-6-8-10-16/h6-10,12-13,22H,4-5,11,14H2,1-3H3,(H,23,25). The number of hydrogen-bond donors (Lipinski definition) is 2. The van der Waals surface area contributed by atoms with Crippen molar-refractivity contribution in [2.24, 2.45) is 0 Å². The summed E-state index contributed by atoms with van der Waals surface area (Å²) in [5, 5.41) is 6.09. The van der Waals surface area contributed by atoms with Gasteiger partial charge in [0.2, 0.25) is 5.91 Å². The van der Waals surface area contributed by atoms with Gasteiger partial charge < -0.3 is 20.1 Å². The van der Waals surface area contributed by atoms with Crippen molar-refractivity contribution in [1.29, 1.82) is 0 Å². The minimum atomic E-state index is -0.379. The maximum absolute atomic E-state index is 12.0. The zero-order chi connectivity index (χ0) is 19.6. The van der Waals surface area contributed by atoms with Gasteiger partial charge in [-0.1, -0.05) is 30.3 Å². The molecule has 0 saturated heterocycles. The Bertz CT molecular complexity index is 775. The molecular weight excluding hydrogens is 344 g/mol. The summed E-state index contributed by atoms with van der Waals surface area (Å²) >= 11 is 0. The molecule has 0 unspecified atom stereocenters. The van der Waals surface area contributed by atoms with Gasteiger partial charge in [0.05, 0.1) is 31.0 Å². The molecule has 0 fully saturated rings. The summed E-state index contributed by atoms with van der Waals surface area (Å²) in [7, 11) is 0. The summed E-state index contributed by atoms with van der Waals surface area (Å²) in [6, 6.07) is 13.5. The molecule has 0 heterocycles. The van der Waals surface area contributed by atoms with Gasteiger partial charge in [-0.15, -0.1) is 0 Å². The van der Waals surface area contributed by atoms with Gasteiger partial charge in [-0.25, -0.2) is 0 Å². The Labute approximate surface area is 159 Å². The molecule has 0 spiro atoms. The van der Waals surface area contributed by atoms with E-state index in [1.807, 2.05) is 44.2 Å². The van der Waals surface area contributed by atoms with Crippen LogP contribution in [0.5, 0.6) is 11.5 Å². The number of anilines is 2. The molecule has 0 saturated carbocycles. The van der Waals surface area contributed by atoms with Crippen LogP contribution in [0.3, 0.4) is 0 Å². The lowest BCUT2D eigenvalue weighted by molar-refractivity contribution is -0.124. The first-order chi connectivity index (χ1) is 13.0. The number of nitrogens with one attached hydrogen (secondary N) is 2. The van der Waals surface area contributed by atoms with E-state index in [0.29, 0.717) is 36.9 Å². The van der Waals surface area contributed by atoms with Gasteiger partial charge in [0.25, 0.3) is 0 Å². The molecule has 27 heavy (non-hydrogen) atoms. The van der Waals surface area contributed by atoms with Gasteiger partial charge in [0, 0.05) is 18.7 Å². The highest BCUT2D eigenvalue weighted by Crippen LogP contribution is 2.37. The van der Waals surface area contributed by atoms with E-state index in [1.54, 1.807) is 12.1 Å². The number of benzene rings is 2. The van der Waals surface area contributed by atoms with Crippen molar-refractivity contribution in [3.63, 3.8) is 0 Å². The second-order valence-electron chi connectivity index (χ2n) is 5.98. The van der Waals surface area contributed by atoms with E-state index in [0.717, 1.165) is 11.3 Å². The predicted molar refractivity (Wildman–Crippen MR) is 106 cm³/mol. The fraction of sp³-hybridized carbons (Fsp3) is 0.333. The largest absolute Gasteiger partial charge is 0.492 e. The van der Waals surface area contributed by atoms with E-state index < -0.39 is 0 Å². The highest BCUT2D eigenvalue weighted by Gasteiger charge is 2.15. The minimum absolute atomic E-state index is 0.177. The van der Waals surface area contributed by atoms with Crippen LogP contribution < -0.4 is 20.1 Å². The monoisotopic (exact) mass is 370 g/mol. The van der Waals surface area contributed by atoms with Crippen molar-refractivity contribution in [2.75, 3.05) is 23.8 Å². The van der Waals surface area contributed by atoms with Gasteiger partial charge in [-0.05, 0) is 26.3 Å². The van der Waals surface area contributed by atoms with Crippen molar-refractivity contribution in [1.82, 2.24) is 0 Å². The number of ketones is 1. The molecule has 144 valence electrons. The van der Waals surface area contributed by atoms with E-state index >= 15 is 0 Å². The van der Waals surface area contributed by atoms with Gasteiger partial charge in [0.1, 0.15) is 17.3 Å². The van der Waals surface area contributed by atoms with Crippen molar-refractivity contribution in [3.8, 4) is 11.5 Å². The van der Waals surface area contributed by atoms with Gasteiger partial charge >= 0.3 is 0 Å². The third-order valence-corrected chi connectivity index (χ3v) is 3.69. The highest BCUT2D eigenvalue weighted by molar-refractivity contribution is 6.04. The number of hydrogen-bond acceptors (Lipinski definition) is 5. The second kappa shape index (κ2) is 10.2. The fourth-order valence-corrected chi connectivity index (χ4v) is 2.56. The lowest BCUT2D eigenvalue weighted by Crippen LogP contribution is -2.16. The number of Topliss-reactive ketones (excluding diaryl/α,β-unsaturated/α-hetero) is 1. The molecule has 0 aliphatic rings. The van der Waals surface area contributed by atoms with Crippen molar-refractivity contribution in [3.05, 3.63) is 48.0 Å². The summed E-state index contributed by atoms with van der Waals surface area (Å²) in [4.78, 5) is 23.2. The molecule has 2 aromatic carbocycles. The lowest BCUT2D eigenvalue weighted by Gasteiger charge is -2.18. The lowest BCUT2D eigenvalue weighted by atomic mass is 10.2. The SMILES string of the molecule is CCOc1cc(NC(=O)CC(C)=O)c(OCC)cc1NCc1ccccc1. The molecule has 0 bridgehead atoms. The van der Waals surface area contributed by atoms with Crippen molar-refractivity contribution >= 4 is 23.1 Å². The van der Waals surface area contributed by atoms with E-state index in [1.165, 1.54) is 6.92 Å². The van der Waals surface area contributed by atoms with E-state index in [-0.39, 0.29) is 18.1 Å². The number of amides is 1. The molecule has 0 aromatic heterocycles. The van der Waals surface area contributed by atoms with Crippen LogP contribution >= 0.6 is 0 Å². The summed E-state index contributed by atoms with van der Waals surface area (Å²) < 4.78 is 11.4. The Morgan fingerprint density at radius 2 is 1.52 bits per heavy atom. The van der Waals surface area contributed by atoms with Gasteiger partial charge in [-0.3, -0.25) is 9.59 Å². The van der Waals surface area contributed by atoms with Crippen LogP contribution in [0.25, 0.3) is 0 Å². The Morgan fingerprint density at radius 3 is 2.11 bits per heavy atom. The third-order valence-electron chi connectivity index (χ3n) is 3.69.